The molecule has 2 heterocycles. The van der Waals surface area contributed by atoms with Crippen LogP contribution >= 0.6 is 0 Å². The standard InChI is InChI=1S/C17H22N4O2/c1-10-14(11(2)21-20-10)9-16(23)19-17(12-7-13(22)8-12)15-5-3-4-6-18-15/h3-6,12-13,17,22H,7-9H2,1-2H3,(H,19,23)(H,20,21)/t12?,13?,17-/m0/s1. The SMILES string of the molecule is Cc1n[nH]c(C)c1CC(=O)N[C@H](c1ccccn1)C1CC(O)C1. The number of nitrogens with zero attached hydrogens (tertiary/aromatic N) is 2. The zero-order chi connectivity index (χ0) is 16.4. The highest BCUT2D eigenvalue weighted by molar-refractivity contribution is 5.79. The zero-order valence-corrected chi connectivity index (χ0v) is 13.4. The molecule has 0 aliphatic heterocycles. The lowest BCUT2D eigenvalue weighted by atomic mass is 9.76. The first kappa shape index (κ1) is 15.7. The normalized spacial score (nSPS) is 21.5. The van der Waals surface area contributed by atoms with Crippen molar-refractivity contribution in [2.45, 2.75) is 45.3 Å². The Kier molecular flexibility index (Phi) is 4.43. The van der Waals surface area contributed by atoms with Crippen LogP contribution < -0.4 is 5.32 Å². The van der Waals surface area contributed by atoms with E-state index in [9.17, 15) is 9.90 Å². The summed E-state index contributed by atoms with van der Waals surface area (Å²) < 4.78 is 0. The molecule has 2 aromatic heterocycles. The molecule has 0 spiro atoms. The third-order valence-electron chi connectivity index (χ3n) is 4.56. The summed E-state index contributed by atoms with van der Waals surface area (Å²) in [6.07, 6.45) is 3.17. The van der Waals surface area contributed by atoms with Crippen LogP contribution in [0.15, 0.2) is 24.4 Å². The fourth-order valence-electron chi connectivity index (χ4n) is 3.11. The van der Waals surface area contributed by atoms with Gasteiger partial charge in [0.1, 0.15) is 0 Å². The zero-order valence-electron chi connectivity index (χ0n) is 13.4. The maximum absolute atomic E-state index is 12.5. The van der Waals surface area contributed by atoms with Gasteiger partial charge in [-0.25, -0.2) is 0 Å². The lowest BCUT2D eigenvalue weighted by Crippen LogP contribution is -2.42. The van der Waals surface area contributed by atoms with E-state index >= 15 is 0 Å². The van der Waals surface area contributed by atoms with E-state index in [0.717, 1.165) is 22.6 Å². The van der Waals surface area contributed by atoms with E-state index in [1.165, 1.54) is 0 Å². The Morgan fingerprint density at radius 2 is 2.22 bits per heavy atom. The van der Waals surface area contributed by atoms with Crippen molar-refractivity contribution in [3.63, 3.8) is 0 Å². The Morgan fingerprint density at radius 3 is 2.78 bits per heavy atom. The molecule has 1 aliphatic rings. The highest BCUT2D eigenvalue weighted by atomic mass is 16.3. The summed E-state index contributed by atoms with van der Waals surface area (Å²) in [5.41, 5.74) is 3.56. The first-order valence-electron chi connectivity index (χ1n) is 7.93. The van der Waals surface area contributed by atoms with Gasteiger partial charge in [0.25, 0.3) is 0 Å². The summed E-state index contributed by atoms with van der Waals surface area (Å²) in [6, 6.07) is 5.54. The van der Waals surface area contributed by atoms with Gasteiger partial charge in [-0.1, -0.05) is 6.07 Å². The summed E-state index contributed by atoms with van der Waals surface area (Å²) >= 11 is 0. The Hall–Kier alpha value is -2.21. The number of H-pyrrole nitrogens is 1. The predicted molar refractivity (Wildman–Crippen MR) is 85.6 cm³/mol. The molecular weight excluding hydrogens is 292 g/mol. The Balaban J connectivity index is 1.72. The van der Waals surface area contributed by atoms with Gasteiger partial charge < -0.3 is 10.4 Å². The number of hydrogen-bond donors (Lipinski definition) is 3. The average Bonchev–Trinajstić information content (AvgIpc) is 2.83. The molecule has 1 saturated carbocycles. The largest absolute Gasteiger partial charge is 0.393 e. The Labute approximate surface area is 135 Å². The molecule has 1 fully saturated rings. The second-order valence-electron chi connectivity index (χ2n) is 6.27. The second kappa shape index (κ2) is 6.50. The number of nitrogens with one attached hydrogen (secondary N) is 2. The molecule has 3 rings (SSSR count). The van der Waals surface area contributed by atoms with Gasteiger partial charge in [-0.3, -0.25) is 14.9 Å². The van der Waals surface area contributed by atoms with Crippen LogP contribution in [0.2, 0.25) is 0 Å². The van der Waals surface area contributed by atoms with Gasteiger partial charge in [0.15, 0.2) is 0 Å². The van der Waals surface area contributed by atoms with Crippen LogP contribution in [0.4, 0.5) is 0 Å². The molecule has 1 atom stereocenters. The summed E-state index contributed by atoms with van der Waals surface area (Å²) in [4.78, 5) is 16.9. The monoisotopic (exact) mass is 314 g/mol. The van der Waals surface area contributed by atoms with E-state index in [4.69, 9.17) is 0 Å². The molecule has 0 bridgehead atoms. The smallest absolute Gasteiger partial charge is 0.225 e. The molecule has 122 valence electrons. The van der Waals surface area contributed by atoms with Crippen molar-refractivity contribution in [1.82, 2.24) is 20.5 Å². The number of aliphatic hydroxyl groups is 1. The Morgan fingerprint density at radius 1 is 1.43 bits per heavy atom. The predicted octanol–water partition coefficient (Wildman–Crippen LogP) is 1.59. The number of aromatic nitrogens is 3. The van der Waals surface area contributed by atoms with Crippen LogP contribution in [0.1, 0.15) is 41.5 Å². The van der Waals surface area contributed by atoms with Crippen LogP contribution in [0, 0.1) is 19.8 Å². The van der Waals surface area contributed by atoms with Gasteiger partial charge in [0, 0.05) is 17.5 Å². The van der Waals surface area contributed by atoms with Gasteiger partial charge in [0.05, 0.1) is 30.0 Å². The number of hydrogen-bond acceptors (Lipinski definition) is 4. The first-order valence-corrected chi connectivity index (χ1v) is 7.93. The average molecular weight is 314 g/mol. The number of rotatable bonds is 5. The molecule has 23 heavy (non-hydrogen) atoms. The van der Waals surface area contributed by atoms with Crippen molar-refractivity contribution < 1.29 is 9.90 Å². The highest BCUT2D eigenvalue weighted by Gasteiger charge is 2.36. The minimum absolute atomic E-state index is 0.0466. The second-order valence-corrected chi connectivity index (χ2v) is 6.27. The van der Waals surface area contributed by atoms with Crippen molar-refractivity contribution >= 4 is 5.91 Å². The summed E-state index contributed by atoms with van der Waals surface area (Å²) in [5, 5.41) is 19.7. The third kappa shape index (κ3) is 3.42. The van der Waals surface area contributed by atoms with Gasteiger partial charge in [-0.2, -0.15) is 5.10 Å². The summed E-state index contributed by atoms with van der Waals surface area (Å²) in [6.45, 7) is 3.81. The minimum Gasteiger partial charge on any atom is -0.393 e. The number of aliphatic hydroxyl groups excluding tert-OH is 1. The van der Waals surface area contributed by atoms with Crippen molar-refractivity contribution in [1.29, 1.82) is 0 Å². The van der Waals surface area contributed by atoms with E-state index < -0.39 is 0 Å². The molecule has 0 aromatic carbocycles. The topological polar surface area (TPSA) is 90.9 Å². The van der Waals surface area contributed by atoms with Gasteiger partial charge >= 0.3 is 0 Å². The van der Waals surface area contributed by atoms with Crippen LogP contribution in [0.25, 0.3) is 0 Å². The van der Waals surface area contributed by atoms with E-state index in [1.807, 2.05) is 32.0 Å². The van der Waals surface area contributed by atoms with Crippen LogP contribution in [0.3, 0.4) is 0 Å². The molecule has 1 aliphatic carbocycles. The molecular formula is C17H22N4O2. The number of pyridine rings is 1. The molecule has 6 heteroatoms. The van der Waals surface area contributed by atoms with E-state index in [0.29, 0.717) is 19.3 Å². The number of amides is 1. The van der Waals surface area contributed by atoms with Crippen LogP contribution in [-0.4, -0.2) is 32.3 Å². The lowest BCUT2D eigenvalue weighted by Gasteiger charge is -2.37. The van der Waals surface area contributed by atoms with E-state index in [2.05, 4.69) is 20.5 Å². The van der Waals surface area contributed by atoms with Crippen molar-refractivity contribution in [3.8, 4) is 0 Å². The lowest BCUT2D eigenvalue weighted by molar-refractivity contribution is -0.122. The summed E-state index contributed by atoms with van der Waals surface area (Å²) in [7, 11) is 0. The minimum atomic E-state index is -0.263. The number of carbonyl (C=O) groups excluding carboxylic acids is 1. The van der Waals surface area contributed by atoms with E-state index in [1.54, 1.807) is 6.20 Å². The molecule has 0 unspecified atom stereocenters. The van der Waals surface area contributed by atoms with E-state index in [-0.39, 0.29) is 24.0 Å². The maximum Gasteiger partial charge on any atom is 0.225 e. The van der Waals surface area contributed by atoms with Crippen LogP contribution in [0.5, 0.6) is 0 Å². The fourth-order valence-corrected chi connectivity index (χ4v) is 3.11. The number of aromatic amines is 1. The van der Waals surface area contributed by atoms with Gasteiger partial charge in [-0.15, -0.1) is 0 Å². The molecule has 3 N–H and O–H groups in total. The van der Waals surface area contributed by atoms with Gasteiger partial charge in [0.2, 0.25) is 5.91 Å². The van der Waals surface area contributed by atoms with Crippen LogP contribution in [-0.2, 0) is 11.2 Å². The molecule has 0 radical (unpaired) electrons. The summed E-state index contributed by atoms with van der Waals surface area (Å²) in [5.74, 6) is 0.185. The third-order valence-corrected chi connectivity index (χ3v) is 4.56. The fraction of sp³-hybridized carbons (Fsp3) is 0.471. The number of carbonyl (C=O) groups is 1. The maximum atomic E-state index is 12.5. The molecule has 2 aromatic rings. The quantitative estimate of drug-likeness (QED) is 0.781. The van der Waals surface area contributed by atoms with Crippen molar-refractivity contribution in [3.05, 3.63) is 47.0 Å². The number of aryl methyl sites for hydroxylation is 2. The molecule has 0 saturated heterocycles. The van der Waals surface area contributed by atoms with Crippen molar-refractivity contribution in [2.75, 3.05) is 0 Å². The van der Waals surface area contributed by atoms with Crippen molar-refractivity contribution in [2.24, 2.45) is 5.92 Å². The molecule has 1 amide bonds. The van der Waals surface area contributed by atoms with Gasteiger partial charge in [-0.05, 0) is 44.7 Å². The molecule has 6 nitrogen and oxygen atoms in total. The first-order chi connectivity index (χ1) is 11.0. The Bertz CT molecular complexity index is 658. The highest BCUT2D eigenvalue weighted by Crippen LogP contribution is 2.37.